The maximum absolute atomic E-state index is 12.4. The van der Waals surface area contributed by atoms with E-state index in [0.717, 1.165) is 0 Å². The van der Waals surface area contributed by atoms with Gasteiger partial charge in [-0.05, 0) is 12.8 Å². The summed E-state index contributed by atoms with van der Waals surface area (Å²) in [5.41, 5.74) is 5.13. The van der Waals surface area contributed by atoms with E-state index in [-0.39, 0.29) is 0 Å². The third kappa shape index (κ3) is 11.7. The second-order valence-electron chi connectivity index (χ2n) is 6.25. The van der Waals surface area contributed by atoms with Crippen LogP contribution in [-0.2, 0) is 33.6 Å². The number of hydrogen-bond acceptors (Lipinski definition) is 8. The molecule has 9 N–H and O–H groups in total. The number of amides is 3. The molecule has 3 atom stereocenters. The number of carboxylic acid groups (broad SMARTS) is 4. The van der Waals surface area contributed by atoms with Crippen molar-refractivity contribution >= 4 is 41.6 Å². The summed E-state index contributed by atoms with van der Waals surface area (Å²) < 4.78 is 0. The van der Waals surface area contributed by atoms with Gasteiger partial charge in [-0.2, -0.15) is 0 Å². The van der Waals surface area contributed by atoms with Crippen LogP contribution in [0.15, 0.2) is 0 Å². The number of nitrogens with two attached hydrogens (primary N) is 1. The Hall–Kier alpha value is -3.75. The molecule has 0 aromatic rings. The standard InChI is InChI=1S/C16H24N4O11/c17-6-10(21)18-7(1-3-11(22)23)14(28)20-9(5-13(26)27)15(29)19-8(16(30)31)2-4-12(24)25/h7-9H,1-6,17H2,(H,18,21)(H,19,29)(H,20,28)(H,22,23)(H,24,25)(H,26,27)(H,30,31). The number of rotatable bonds is 15. The fraction of sp³-hybridized carbons (Fsp3) is 0.562. The number of aliphatic carboxylic acids is 4. The van der Waals surface area contributed by atoms with Gasteiger partial charge in [-0.15, -0.1) is 0 Å². The van der Waals surface area contributed by atoms with E-state index in [9.17, 15) is 33.6 Å². The van der Waals surface area contributed by atoms with Crippen LogP contribution in [0.3, 0.4) is 0 Å². The lowest BCUT2D eigenvalue weighted by Gasteiger charge is -2.23. The SMILES string of the molecule is NCC(=O)NC(CCC(=O)O)C(=O)NC(CC(=O)O)C(=O)NC(CCC(=O)O)C(=O)O. The molecule has 0 spiro atoms. The van der Waals surface area contributed by atoms with E-state index >= 15 is 0 Å². The molecule has 0 heterocycles. The minimum absolute atomic E-state index is 0.398. The van der Waals surface area contributed by atoms with Crippen molar-refractivity contribution in [1.29, 1.82) is 0 Å². The Morgan fingerprint density at radius 2 is 1.10 bits per heavy atom. The normalized spacial score (nSPS) is 13.2. The van der Waals surface area contributed by atoms with Gasteiger partial charge in [0.15, 0.2) is 0 Å². The lowest BCUT2D eigenvalue weighted by molar-refractivity contribution is -0.144. The third-order valence-corrected chi connectivity index (χ3v) is 3.76. The van der Waals surface area contributed by atoms with Crippen LogP contribution in [0.4, 0.5) is 0 Å². The molecule has 174 valence electrons. The van der Waals surface area contributed by atoms with Gasteiger partial charge in [-0.1, -0.05) is 0 Å². The Morgan fingerprint density at radius 1 is 0.645 bits per heavy atom. The lowest BCUT2D eigenvalue weighted by atomic mass is 10.1. The first kappa shape index (κ1) is 27.2. The average Bonchev–Trinajstić information content (AvgIpc) is 2.66. The first-order chi connectivity index (χ1) is 14.4. The van der Waals surface area contributed by atoms with E-state index in [1.807, 2.05) is 10.6 Å². The van der Waals surface area contributed by atoms with Crippen molar-refractivity contribution < 1.29 is 54.0 Å². The molecule has 0 aliphatic rings. The highest BCUT2D eigenvalue weighted by Crippen LogP contribution is 2.04. The van der Waals surface area contributed by atoms with Crippen LogP contribution in [0.2, 0.25) is 0 Å². The second kappa shape index (κ2) is 13.5. The number of carbonyl (C=O) groups excluding carboxylic acids is 3. The molecule has 0 saturated heterocycles. The molecule has 0 fully saturated rings. The summed E-state index contributed by atoms with van der Waals surface area (Å²) >= 11 is 0. The molecular formula is C16H24N4O11. The van der Waals surface area contributed by atoms with E-state index < -0.39 is 98.4 Å². The molecular weight excluding hydrogens is 424 g/mol. The van der Waals surface area contributed by atoms with Crippen molar-refractivity contribution in [1.82, 2.24) is 16.0 Å². The molecule has 0 rings (SSSR count). The molecule has 0 bridgehead atoms. The Morgan fingerprint density at radius 3 is 1.52 bits per heavy atom. The molecule has 0 aromatic heterocycles. The Kier molecular flexibility index (Phi) is 11.8. The highest BCUT2D eigenvalue weighted by molar-refractivity contribution is 5.95. The minimum atomic E-state index is -1.79. The molecule has 0 saturated carbocycles. The zero-order chi connectivity index (χ0) is 24.1. The van der Waals surface area contributed by atoms with Crippen molar-refractivity contribution in [3.63, 3.8) is 0 Å². The van der Waals surface area contributed by atoms with Gasteiger partial charge in [0.2, 0.25) is 17.7 Å². The van der Waals surface area contributed by atoms with Crippen LogP contribution in [0.25, 0.3) is 0 Å². The largest absolute Gasteiger partial charge is 0.481 e. The van der Waals surface area contributed by atoms with Gasteiger partial charge >= 0.3 is 23.9 Å². The second-order valence-corrected chi connectivity index (χ2v) is 6.25. The maximum Gasteiger partial charge on any atom is 0.326 e. The molecule has 0 radical (unpaired) electrons. The smallest absolute Gasteiger partial charge is 0.326 e. The fourth-order valence-electron chi connectivity index (χ4n) is 2.24. The summed E-state index contributed by atoms with van der Waals surface area (Å²) in [4.78, 5) is 79.8. The third-order valence-electron chi connectivity index (χ3n) is 3.76. The highest BCUT2D eigenvalue weighted by atomic mass is 16.4. The summed E-state index contributed by atoms with van der Waals surface area (Å²) in [5, 5.41) is 41.6. The summed E-state index contributed by atoms with van der Waals surface area (Å²) in [7, 11) is 0. The monoisotopic (exact) mass is 448 g/mol. The average molecular weight is 448 g/mol. The zero-order valence-corrected chi connectivity index (χ0v) is 16.2. The predicted octanol–water partition coefficient (Wildman–Crippen LogP) is -3.31. The Labute approximate surface area is 175 Å². The van der Waals surface area contributed by atoms with Crippen LogP contribution >= 0.6 is 0 Å². The topological polar surface area (TPSA) is 263 Å². The van der Waals surface area contributed by atoms with Crippen LogP contribution in [0.1, 0.15) is 32.1 Å². The summed E-state index contributed by atoms with van der Waals surface area (Å²) in [6.45, 7) is -0.528. The van der Waals surface area contributed by atoms with E-state index in [1.54, 1.807) is 0 Å². The van der Waals surface area contributed by atoms with E-state index in [0.29, 0.717) is 0 Å². The Bertz CT molecular complexity index is 724. The van der Waals surface area contributed by atoms with Gasteiger partial charge in [0.1, 0.15) is 18.1 Å². The zero-order valence-electron chi connectivity index (χ0n) is 16.2. The molecule has 0 aliphatic heterocycles. The maximum atomic E-state index is 12.4. The molecule has 3 unspecified atom stereocenters. The Balaban J connectivity index is 5.41. The van der Waals surface area contributed by atoms with Crippen molar-refractivity contribution in [2.75, 3.05) is 6.54 Å². The summed E-state index contributed by atoms with van der Waals surface area (Å²) in [6.07, 6.45) is -3.02. The van der Waals surface area contributed by atoms with E-state index in [4.69, 9.17) is 26.2 Å². The minimum Gasteiger partial charge on any atom is -0.481 e. The molecule has 31 heavy (non-hydrogen) atoms. The fourth-order valence-corrected chi connectivity index (χ4v) is 2.24. The molecule has 3 amide bonds. The predicted molar refractivity (Wildman–Crippen MR) is 98.5 cm³/mol. The van der Waals surface area contributed by atoms with E-state index in [2.05, 4.69) is 5.32 Å². The van der Waals surface area contributed by atoms with Gasteiger partial charge in [0.25, 0.3) is 0 Å². The van der Waals surface area contributed by atoms with Crippen LogP contribution < -0.4 is 21.7 Å². The molecule has 0 aromatic carbocycles. The van der Waals surface area contributed by atoms with E-state index in [1.165, 1.54) is 0 Å². The first-order valence-corrected chi connectivity index (χ1v) is 8.85. The highest BCUT2D eigenvalue weighted by Gasteiger charge is 2.31. The molecule has 15 nitrogen and oxygen atoms in total. The van der Waals surface area contributed by atoms with Gasteiger partial charge in [-0.3, -0.25) is 28.8 Å². The lowest BCUT2D eigenvalue weighted by Crippen LogP contribution is -2.56. The number of carbonyl (C=O) groups is 7. The van der Waals surface area contributed by atoms with Crippen molar-refractivity contribution in [2.24, 2.45) is 5.73 Å². The van der Waals surface area contributed by atoms with Gasteiger partial charge in [0, 0.05) is 12.8 Å². The van der Waals surface area contributed by atoms with Crippen molar-refractivity contribution in [3.8, 4) is 0 Å². The number of carboxylic acids is 4. The van der Waals surface area contributed by atoms with Gasteiger partial charge in [0.05, 0.1) is 13.0 Å². The number of nitrogens with one attached hydrogen (secondary N) is 3. The summed E-state index contributed by atoms with van der Waals surface area (Å²) in [5.74, 6) is -8.87. The van der Waals surface area contributed by atoms with Crippen LogP contribution in [0.5, 0.6) is 0 Å². The quantitative estimate of drug-likeness (QED) is 0.122. The first-order valence-electron chi connectivity index (χ1n) is 8.85. The van der Waals surface area contributed by atoms with Crippen LogP contribution in [0, 0.1) is 0 Å². The number of hydrogen-bond donors (Lipinski definition) is 8. The van der Waals surface area contributed by atoms with Crippen molar-refractivity contribution in [2.45, 2.75) is 50.2 Å². The van der Waals surface area contributed by atoms with Gasteiger partial charge < -0.3 is 42.1 Å². The van der Waals surface area contributed by atoms with Crippen molar-refractivity contribution in [3.05, 3.63) is 0 Å². The molecule has 15 heteroatoms. The van der Waals surface area contributed by atoms with Gasteiger partial charge in [-0.25, -0.2) is 4.79 Å². The molecule has 0 aliphatic carbocycles. The summed E-state index contributed by atoms with van der Waals surface area (Å²) in [6, 6.07) is -4.92. The van der Waals surface area contributed by atoms with Crippen LogP contribution in [-0.4, -0.2) is 86.7 Å².